The lowest BCUT2D eigenvalue weighted by Crippen LogP contribution is -2.20. The average Bonchev–Trinajstić information content (AvgIpc) is 2.97. The fraction of sp³-hybridized carbons (Fsp3) is 0.182. The summed E-state index contributed by atoms with van der Waals surface area (Å²) in [6.07, 6.45) is 1.64. The van der Waals surface area contributed by atoms with E-state index in [9.17, 15) is 4.79 Å². The number of methoxy groups -OCH3 is 1. The molecule has 0 aliphatic rings. The Morgan fingerprint density at radius 2 is 1.79 bits per heavy atom. The first-order valence-corrected chi connectivity index (χ1v) is 14.8. The molecular weight excluding hydrogens is 637 g/mol. The smallest absolute Gasteiger partial charge is 0.282 e. The van der Waals surface area contributed by atoms with Gasteiger partial charge in [0.05, 0.1) is 38.7 Å². The van der Waals surface area contributed by atoms with Crippen LogP contribution < -0.4 is 15.0 Å². The quantitative estimate of drug-likeness (QED) is 0.155. The van der Waals surface area contributed by atoms with Crippen molar-refractivity contribution >= 4 is 56.2 Å². The number of ether oxygens (including phenoxy) is 2. The summed E-state index contributed by atoms with van der Waals surface area (Å²) in [5, 5.41) is 6.10. The predicted molar refractivity (Wildman–Crippen MR) is 175 cm³/mol. The van der Waals surface area contributed by atoms with Gasteiger partial charge in [0.25, 0.3) is 5.56 Å². The highest BCUT2D eigenvalue weighted by Gasteiger charge is 2.18. The van der Waals surface area contributed by atoms with Gasteiger partial charge in [0, 0.05) is 5.56 Å². The highest BCUT2D eigenvalue weighted by Crippen LogP contribution is 2.34. The monoisotopic (exact) mass is 663 g/mol. The van der Waals surface area contributed by atoms with Crippen LogP contribution >= 0.6 is 39.1 Å². The molecule has 6 nitrogen and oxygen atoms in total. The molecule has 0 aliphatic carbocycles. The number of rotatable bonds is 8. The predicted octanol–water partition coefficient (Wildman–Crippen LogP) is 9.03. The molecule has 4 aromatic carbocycles. The fourth-order valence-electron chi connectivity index (χ4n) is 4.60. The van der Waals surface area contributed by atoms with Crippen LogP contribution in [0.15, 0.2) is 87.2 Å². The lowest BCUT2D eigenvalue weighted by Gasteiger charge is -2.17. The van der Waals surface area contributed by atoms with Gasteiger partial charge in [0.15, 0.2) is 5.82 Å². The third-order valence-corrected chi connectivity index (χ3v) is 8.21. The number of halogens is 3. The van der Waals surface area contributed by atoms with Crippen LogP contribution in [0, 0.1) is 6.92 Å². The molecule has 0 radical (unpaired) electrons. The van der Waals surface area contributed by atoms with Crippen molar-refractivity contribution in [2.24, 2.45) is 5.10 Å². The van der Waals surface area contributed by atoms with Crippen molar-refractivity contribution in [3.05, 3.63) is 120 Å². The van der Waals surface area contributed by atoms with Gasteiger partial charge in [-0.3, -0.25) is 4.79 Å². The van der Waals surface area contributed by atoms with E-state index in [1.807, 2.05) is 61.5 Å². The van der Waals surface area contributed by atoms with Crippen molar-refractivity contribution in [1.29, 1.82) is 0 Å². The van der Waals surface area contributed by atoms with Crippen molar-refractivity contribution in [2.75, 3.05) is 7.11 Å². The zero-order valence-electron chi connectivity index (χ0n) is 23.5. The lowest BCUT2D eigenvalue weighted by molar-refractivity contribution is 0.304. The summed E-state index contributed by atoms with van der Waals surface area (Å²) in [4.78, 5) is 18.6. The number of aromatic nitrogens is 2. The van der Waals surface area contributed by atoms with Crippen LogP contribution in [0.25, 0.3) is 22.3 Å². The molecule has 0 saturated heterocycles. The van der Waals surface area contributed by atoms with Gasteiger partial charge in [0.2, 0.25) is 0 Å². The largest absolute Gasteiger partial charge is 0.496 e. The Bertz CT molecular complexity index is 1890. The first kappa shape index (κ1) is 29.8. The standard InChI is InChI=1S/C33H28BrCl2N3O3/c1-19(2)24-16-25(20(3)13-31(24)41-4)32-38-29-8-6-5-7-23(29)33(40)39(32)37-17-21-10-12-30(26(34)14-21)42-18-22-9-11-27(35)28(36)15-22/h5-17,19H,18H2,1-4H3. The Hall–Kier alpha value is -3.65. The summed E-state index contributed by atoms with van der Waals surface area (Å²) in [7, 11) is 1.66. The highest BCUT2D eigenvalue weighted by molar-refractivity contribution is 9.10. The Morgan fingerprint density at radius 3 is 2.50 bits per heavy atom. The summed E-state index contributed by atoms with van der Waals surface area (Å²) >= 11 is 15.7. The SMILES string of the molecule is COc1cc(C)c(-c2nc3ccccc3c(=O)n2N=Cc2ccc(OCc3ccc(Cl)c(Cl)c3)c(Br)c2)cc1C(C)C. The van der Waals surface area contributed by atoms with Gasteiger partial charge in [0.1, 0.15) is 18.1 Å². The summed E-state index contributed by atoms with van der Waals surface area (Å²) in [6, 6.07) is 22.3. The van der Waals surface area contributed by atoms with E-state index < -0.39 is 0 Å². The third kappa shape index (κ3) is 6.24. The second-order valence-electron chi connectivity index (χ2n) is 10.1. The summed E-state index contributed by atoms with van der Waals surface area (Å²) in [6.45, 7) is 6.51. The molecule has 0 unspecified atom stereocenters. The summed E-state index contributed by atoms with van der Waals surface area (Å²) in [5.74, 6) is 2.12. The van der Waals surface area contributed by atoms with E-state index in [0.29, 0.717) is 39.1 Å². The Morgan fingerprint density at radius 1 is 1.00 bits per heavy atom. The van der Waals surface area contributed by atoms with Gasteiger partial charge >= 0.3 is 0 Å². The van der Waals surface area contributed by atoms with Crippen molar-refractivity contribution in [1.82, 2.24) is 9.66 Å². The van der Waals surface area contributed by atoms with Crippen LogP contribution in [0.3, 0.4) is 0 Å². The number of hydrogen-bond donors (Lipinski definition) is 0. The molecule has 0 aliphatic heterocycles. The molecule has 1 aromatic heterocycles. The molecule has 0 N–H and O–H groups in total. The molecule has 0 amide bonds. The van der Waals surface area contributed by atoms with Crippen molar-refractivity contribution in [3.8, 4) is 22.9 Å². The zero-order chi connectivity index (χ0) is 30.0. The second-order valence-corrected chi connectivity index (χ2v) is 11.8. The molecule has 0 saturated carbocycles. The van der Waals surface area contributed by atoms with E-state index in [2.05, 4.69) is 34.9 Å². The molecule has 214 valence electrons. The van der Waals surface area contributed by atoms with Gasteiger partial charge in [-0.25, -0.2) is 4.98 Å². The van der Waals surface area contributed by atoms with Gasteiger partial charge in [-0.1, -0.05) is 55.2 Å². The Balaban J connectivity index is 1.52. The minimum absolute atomic E-state index is 0.207. The molecule has 1 heterocycles. The van der Waals surface area contributed by atoms with E-state index in [1.165, 1.54) is 4.68 Å². The van der Waals surface area contributed by atoms with E-state index >= 15 is 0 Å². The third-order valence-electron chi connectivity index (χ3n) is 6.85. The van der Waals surface area contributed by atoms with Crippen LogP contribution in [-0.2, 0) is 6.61 Å². The minimum atomic E-state index is -0.256. The van der Waals surface area contributed by atoms with Crippen molar-refractivity contribution in [2.45, 2.75) is 33.3 Å². The molecule has 9 heteroatoms. The molecule has 0 bridgehead atoms. The van der Waals surface area contributed by atoms with E-state index in [1.54, 1.807) is 31.5 Å². The van der Waals surface area contributed by atoms with Crippen LogP contribution in [0.4, 0.5) is 0 Å². The Labute approximate surface area is 262 Å². The maximum absolute atomic E-state index is 13.7. The number of fused-ring (bicyclic) bond motifs is 1. The highest BCUT2D eigenvalue weighted by atomic mass is 79.9. The van der Waals surface area contributed by atoms with Crippen molar-refractivity contribution in [3.63, 3.8) is 0 Å². The number of hydrogen-bond acceptors (Lipinski definition) is 5. The molecular formula is C33H28BrCl2N3O3. The average molecular weight is 665 g/mol. The first-order chi connectivity index (χ1) is 20.2. The van der Waals surface area contributed by atoms with Crippen LogP contribution in [0.1, 0.15) is 42.0 Å². The van der Waals surface area contributed by atoms with Crippen LogP contribution in [0.5, 0.6) is 11.5 Å². The van der Waals surface area contributed by atoms with E-state index in [0.717, 1.165) is 38.0 Å². The number of para-hydroxylation sites is 1. The summed E-state index contributed by atoms with van der Waals surface area (Å²) in [5.41, 5.74) is 4.78. The molecule has 5 rings (SSSR count). The van der Waals surface area contributed by atoms with Gasteiger partial charge in [-0.2, -0.15) is 9.78 Å². The van der Waals surface area contributed by atoms with Crippen LogP contribution in [0.2, 0.25) is 10.0 Å². The summed E-state index contributed by atoms with van der Waals surface area (Å²) < 4.78 is 13.7. The number of aryl methyl sites for hydroxylation is 1. The molecule has 5 aromatic rings. The molecule has 0 fully saturated rings. The van der Waals surface area contributed by atoms with Gasteiger partial charge in [-0.15, -0.1) is 0 Å². The topological polar surface area (TPSA) is 65.7 Å². The van der Waals surface area contributed by atoms with E-state index in [-0.39, 0.29) is 11.5 Å². The normalized spacial score (nSPS) is 11.5. The number of nitrogens with zero attached hydrogens (tertiary/aromatic N) is 3. The molecule has 42 heavy (non-hydrogen) atoms. The first-order valence-electron chi connectivity index (χ1n) is 13.3. The zero-order valence-corrected chi connectivity index (χ0v) is 26.6. The molecule has 0 atom stereocenters. The maximum Gasteiger partial charge on any atom is 0.282 e. The molecule has 0 spiro atoms. The lowest BCUT2D eigenvalue weighted by atomic mass is 9.96. The van der Waals surface area contributed by atoms with Gasteiger partial charge < -0.3 is 9.47 Å². The minimum Gasteiger partial charge on any atom is -0.496 e. The Kier molecular flexibility index (Phi) is 9.02. The van der Waals surface area contributed by atoms with Gasteiger partial charge in [-0.05, 0) is 106 Å². The second kappa shape index (κ2) is 12.7. The maximum atomic E-state index is 13.7. The van der Waals surface area contributed by atoms with Crippen molar-refractivity contribution < 1.29 is 9.47 Å². The fourth-order valence-corrected chi connectivity index (χ4v) is 5.43. The number of benzene rings is 4. The van der Waals surface area contributed by atoms with Crippen LogP contribution in [-0.4, -0.2) is 23.0 Å². The van der Waals surface area contributed by atoms with E-state index in [4.69, 9.17) is 37.7 Å².